The van der Waals surface area contributed by atoms with Gasteiger partial charge in [0, 0.05) is 11.1 Å². The molecule has 2 aromatic heterocycles. The Morgan fingerprint density at radius 2 is 2.00 bits per heavy atom. The monoisotopic (exact) mass is 309 g/mol. The average molecular weight is 309 g/mol. The molecular formula is C18H19N3S. The van der Waals surface area contributed by atoms with Gasteiger partial charge in [-0.05, 0) is 30.0 Å². The van der Waals surface area contributed by atoms with E-state index in [-0.39, 0.29) is 0 Å². The highest BCUT2D eigenvalue weighted by Crippen LogP contribution is 2.29. The first-order valence-corrected chi connectivity index (χ1v) is 8.25. The van der Waals surface area contributed by atoms with Gasteiger partial charge in [-0.3, -0.25) is 0 Å². The summed E-state index contributed by atoms with van der Waals surface area (Å²) >= 11 is 1.75. The first-order valence-electron chi connectivity index (χ1n) is 7.44. The molecule has 112 valence electrons. The lowest BCUT2D eigenvalue weighted by Gasteiger charge is -2.00. The number of hydrogen-bond acceptors (Lipinski definition) is 4. The van der Waals surface area contributed by atoms with Crippen molar-refractivity contribution in [3.63, 3.8) is 0 Å². The van der Waals surface area contributed by atoms with Crippen LogP contribution in [0.15, 0.2) is 48.9 Å². The minimum Gasteiger partial charge on any atom is -0.346 e. The van der Waals surface area contributed by atoms with Crippen molar-refractivity contribution in [1.29, 1.82) is 0 Å². The SMILES string of the molecule is CC(C)Cc1cc2c(NC=Cc3ccccc3)ncnc2s1. The molecule has 0 radical (unpaired) electrons. The molecule has 0 saturated heterocycles. The van der Waals surface area contributed by atoms with Crippen molar-refractivity contribution in [2.75, 3.05) is 5.32 Å². The summed E-state index contributed by atoms with van der Waals surface area (Å²) in [7, 11) is 0. The second kappa shape index (κ2) is 6.71. The maximum Gasteiger partial charge on any atom is 0.142 e. The molecule has 0 saturated carbocycles. The van der Waals surface area contributed by atoms with Crippen molar-refractivity contribution in [2.45, 2.75) is 20.3 Å². The van der Waals surface area contributed by atoms with Gasteiger partial charge in [-0.25, -0.2) is 9.97 Å². The molecule has 1 N–H and O–H groups in total. The Bertz CT molecular complexity index is 775. The van der Waals surface area contributed by atoms with Crippen LogP contribution in [-0.4, -0.2) is 9.97 Å². The van der Waals surface area contributed by atoms with E-state index in [1.54, 1.807) is 17.7 Å². The molecule has 0 aliphatic carbocycles. The maximum atomic E-state index is 4.38. The molecule has 0 spiro atoms. The van der Waals surface area contributed by atoms with Gasteiger partial charge < -0.3 is 5.32 Å². The van der Waals surface area contributed by atoms with Crippen LogP contribution >= 0.6 is 11.3 Å². The number of rotatable bonds is 5. The quantitative estimate of drug-likeness (QED) is 0.723. The first-order chi connectivity index (χ1) is 10.7. The van der Waals surface area contributed by atoms with Crippen molar-refractivity contribution in [3.05, 3.63) is 59.4 Å². The third-order valence-corrected chi connectivity index (χ3v) is 4.35. The number of hydrogen-bond donors (Lipinski definition) is 1. The summed E-state index contributed by atoms with van der Waals surface area (Å²) in [5.74, 6) is 1.51. The zero-order valence-electron chi connectivity index (χ0n) is 12.8. The zero-order valence-corrected chi connectivity index (χ0v) is 13.6. The molecule has 4 heteroatoms. The van der Waals surface area contributed by atoms with E-state index < -0.39 is 0 Å². The molecule has 0 aliphatic rings. The van der Waals surface area contributed by atoms with Crippen LogP contribution in [0.2, 0.25) is 0 Å². The van der Waals surface area contributed by atoms with Crippen molar-refractivity contribution >= 4 is 33.4 Å². The van der Waals surface area contributed by atoms with Gasteiger partial charge in [0.2, 0.25) is 0 Å². The Hall–Kier alpha value is -2.20. The van der Waals surface area contributed by atoms with Crippen LogP contribution in [-0.2, 0) is 6.42 Å². The summed E-state index contributed by atoms with van der Waals surface area (Å²) in [6.07, 6.45) is 6.67. The molecule has 22 heavy (non-hydrogen) atoms. The first kappa shape index (κ1) is 14.7. The fourth-order valence-corrected chi connectivity index (χ4v) is 3.51. The zero-order chi connectivity index (χ0) is 15.4. The topological polar surface area (TPSA) is 37.8 Å². The number of nitrogens with zero attached hydrogens (tertiary/aromatic N) is 2. The molecule has 0 bridgehead atoms. The van der Waals surface area contributed by atoms with E-state index in [1.807, 2.05) is 30.5 Å². The molecule has 0 aliphatic heterocycles. The molecule has 2 heterocycles. The second-order valence-electron chi connectivity index (χ2n) is 5.64. The number of anilines is 1. The average Bonchev–Trinajstić information content (AvgIpc) is 2.90. The van der Waals surface area contributed by atoms with Gasteiger partial charge >= 0.3 is 0 Å². The largest absolute Gasteiger partial charge is 0.346 e. The summed E-state index contributed by atoms with van der Waals surface area (Å²) < 4.78 is 0. The maximum absolute atomic E-state index is 4.38. The molecule has 0 unspecified atom stereocenters. The lowest BCUT2D eigenvalue weighted by Crippen LogP contribution is -1.92. The van der Waals surface area contributed by atoms with Crippen molar-refractivity contribution < 1.29 is 0 Å². The summed E-state index contributed by atoms with van der Waals surface area (Å²) in [6, 6.07) is 12.4. The van der Waals surface area contributed by atoms with E-state index in [1.165, 1.54) is 4.88 Å². The number of thiophene rings is 1. The van der Waals surface area contributed by atoms with E-state index in [0.717, 1.165) is 28.0 Å². The number of benzene rings is 1. The highest BCUT2D eigenvalue weighted by Gasteiger charge is 2.08. The highest BCUT2D eigenvalue weighted by molar-refractivity contribution is 7.18. The van der Waals surface area contributed by atoms with Gasteiger partial charge in [0.1, 0.15) is 17.0 Å². The number of nitrogens with one attached hydrogen (secondary N) is 1. The lowest BCUT2D eigenvalue weighted by atomic mass is 10.1. The van der Waals surface area contributed by atoms with E-state index in [2.05, 4.69) is 47.3 Å². The van der Waals surface area contributed by atoms with Gasteiger partial charge in [0.25, 0.3) is 0 Å². The van der Waals surface area contributed by atoms with Crippen molar-refractivity contribution in [1.82, 2.24) is 9.97 Å². The Balaban J connectivity index is 1.81. The minimum atomic E-state index is 0.649. The predicted molar refractivity (Wildman–Crippen MR) is 95.1 cm³/mol. The van der Waals surface area contributed by atoms with E-state index in [9.17, 15) is 0 Å². The molecule has 3 aromatic rings. The second-order valence-corrected chi connectivity index (χ2v) is 6.76. The lowest BCUT2D eigenvalue weighted by molar-refractivity contribution is 0.654. The fourth-order valence-electron chi connectivity index (χ4n) is 2.30. The van der Waals surface area contributed by atoms with E-state index >= 15 is 0 Å². The van der Waals surface area contributed by atoms with E-state index in [4.69, 9.17) is 0 Å². The Morgan fingerprint density at radius 3 is 2.77 bits per heavy atom. The van der Waals surface area contributed by atoms with Crippen LogP contribution in [0.1, 0.15) is 24.3 Å². The van der Waals surface area contributed by atoms with Crippen LogP contribution in [0.25, 0.3) is 16.3 Å². The van der Waals surface area contributed by atoms with Crippen molar-refractivity contribution in [2.24, 2.45) is 5.92 Å². The normalized spacial score (nSPS) is 11.6. The summed E-state index contributed by atoms with van der Waals surface area (Å²) in [5, 5.41) is 4.38. The van der Waals surface area contributed by atoms with Crippen LogP contribution < -0.4 is 5.32 Å². The summed E-state index contributed by atoms with van der Waals surface area (Å²) in [5.41, 5.74) is 1.16. The molecule has 0 atom stereocenters. The molecule has 0 amide bonds. The van der Waals surface area contributed by atoms with Crippen LogP contribution in [0, 0.1) is 5.92 Å². The van der Waals surface area contributed by atoms with E-state index in [0.29, 0.717) is 5.92 Å². The molecule has 1 aromatic carbocycles. The minimum absolute atomic E-state index is 0.649. The number of aromatic nitrogens is 2. The number of fused-ring (bicyclic) bond motifs is 1. The van der Waals surface area contributed by atoms with Gasteiger partial charge in [-0.1, -0.05) is 44.2 Å². The predicted octanol–water partition coefficient (Wildman–Crippen LogP) is 4.97. The third-order valence-electron chi connectivity index (χ3n) is 3.29. The standard InChI is InChI=1S/C18H19N3S/c1-13(2)10-15-11-16-17(20-12-21-18(16)22-15)19-9-8-14-6-4-3-5-7-14/h3-9,11-13H,10H2,1-2H3,(H,19,20,21). The van der Waals surface area contributed by atoms with Crippen molar-refractivity contribution in [3.8, 4) is 0 Å². The highest BCUT2D eigenvalue weighted by atomic mass is 32.1. The molecule has 3 nitrogen and oxygen atoms in total. The smallest absolute Gasteiger partial charge is 0.142 e. The van der Waals surface area contributed by atoms with Crippen LogP contribution in [0.5, 0.6) is 0 Å². The molecule has 0 fully saturated rings. The van der Waals surface area contributed by atoms with Gasteiger partial charge in [-0.15, -0.1) is 11.3 Å². The van der Waals surface area contributed by atoms with Crippen LogP contribution in [0.4, 0.5) is 5.82 Å². The van der Waals surface area contributed by atoms with Gasteiger partial charge in [-0.2, -0.15) is 0 Å². The summed E-state index contributed by atoms with van der Waals surface area (Å²) in [4.78, 5) is 11.1. The fraction of sp³-hybridized carbons (Fsp3) is 0.222. The molecular weight excluding hydrogens is 290 g/mol. The van der Waals surface area contributed by atoms with Crippen LogP contribution in [0.3, 0.4) is 0 Å². The van der Waals surface area contributed by atoms with Gasteiger partial charge in [0.15, 0.2) is 0 Å². The van der Waals surface area contributed by atoms with Gasteiger partial charge in [0.05, 0.1) is 5.39 Å². The Morgan fingerprint density at radius 1 is 1.18 bits per heavy atom. The summed E-state index contributed by atoms with van der Waals surface area (Å²) in [6.45, 7) is 4.47. The Kier molecular flexibility index (Phi) is 4.49. The molecule has 3 rings (SSSR count). The Labute approximate surface area is 134 Å². The third kappa shape index (κ3) is 3.52.